The van der Waals surface area contributed by atoms with E-state index in [0.717, 1.165) is 48.5 Å². The Morgan fingerprint density at radius 3 is 2.59 bits per heavy atom. The third-order valence-electron chi connectivity index (χ3n) is 4.62. The van der Waals surface area contributed by atoms with E-state index in [9.17, 15) is 4.79 Å². The van der Waals surface area contributed by atoms with Crippen molar-refractivity contribution in [3.05, 3.63) is 59.7 Å². The molecule has 6 nitrogen and oxygen atoms in total. The van der Waals surface area contributed by atoms with Crippen molar-refractivity contribution in [2.45, 2.75) is 25.8 Å². The van der Waals surface area contributed by atoms with Gasteiger partial charge < -0.3 is 20.7 Å². The minimum atomic E-state index is 0.115. The second kappa shape index (κ2) is 9.07. The van der Waals surface area contributed by atoms with Crippen LogP contribution in [0.2, 0.25) is 0 Å². The fourth-order valence-corrected chi connectivity index (χ4v) is 3.10. The van der Waals surface area contributed by atoms with Crippen LogP contribution in [0.1, 0.15) is 35.2 Å². The van der Waals surface area contributed by atoms with Crippen LogP contribution in [0.15, 0.2) is 53.5 Å². The molecule has 0 radical (unpaired) electrons. The van der Waals surface area contributed by atoms with Crippen LogP contribution in [0, 0.1) is 0 Å². The zero-order valence-corrected chi connectivity index (χ0v) is 15.6. The number of carbonyl (C=O) groups excluding carboxylic acids is 1. The van der Waals surface area contributed by atoms with Crippen LogP contribution in [0.5, 0.6) is 5.75 Å². The number of hydrogen-bond donors (Lipinski definition) is 2. The zero-order valence-electron chi connectivity index (χ0n) is 15.6. The molecule has 0 aromatic heterocycles. The van der Waals surface area contributed by atoms with Gasteiger partial charge in [-0.15, -0.1) is 0 Å². The van der Waals surface area contributed by atoms with E-state index in [0.29, 0.717) is 12.5 Å². The lowest BCUT2D eigenvalue weighted by atomic mass is 10.1. The minimum Gasteiger partial charge on any atom is -0.497 e. The number of rotatable bonds is 5. The summed E-state index contributed by atoms with van der Waals surface area (Å²) in [4.78, 5) is 18.8. The molecule has 6 heteroatoms. The average Bonchev–Trinajstić information content (AvgIpc) is 2.73. The molecule has 142 valence electrons. The zero-order chi connectivity index (χ0) is 19.1. The third kappa shape index (κ3) is 5.23. The smallest absolute Gasteiger partial charge is 0.253 e. The van der Waals surface area contributed by atoms with Crippen LogP contribution in [0.4, 0.5) is 5.69 Å². The van der Waals surface area contributed by atoms with Crippen molar-refractivity contribution >= 4 is 17.6 Å². The molecule has 0 atom stereocenters. The Morgan fingerprint density at radius 2 is 1.89 bits per heavy atom. The SMILES string of the molecule is COc1cccc(NC(N)=NCc2ccc(C(=O)N3CCCCC3)cc2)c1. The topological polar surface area (TPSA) is 80.0 Å². The highest BCUT2D eigenvalue weighted by atomic mass is 16.5. The quantitative estimate of drug-likeness (QED) is 0.629. The van der Waals surface area contributed by atoms with Crippen LogP contribution >= 0.6 is 0 Å². The third-order valence-corrected chi connectivity index (χ3v) is 4.62. The summed E-state index contributed by atoms with van der Waals surface area (Å²) < 4.78 is 5.19. The summed E-state index contributed by atoms with van der Waals surface area (Å²) in [5.74, 6) is 1.20. The summed E-state index contributed by atoms with van der Waals surface area (Å²) in [6.45, 7) is 2.16. The lowest BCUT2D eigenvalue weighted by Gasteiger charge is -2.26. The van der Waals surface area contributed by atoms with E-state index >= 15 is 0 Å². The van der Waals surface area contributed by atoms with E-state index in [4.69, 9.17) is 10.5 Å². The van der Waals surface area contributed by atoms with E-state index in [1.807, 2.05) is 53.4 Å². The molecule has 1 aliphatic heterocycles. The Hall–Kier alpha value is -3.02. The molecule has 1 heterocycles. The summed E-state index contributed by atoms with van der Waals surface area (Å²) in [6.07, 6.45) is 3.40. The van der Waals surface area contributed by atoms with Gasteiger partial charge in [0.05, 0.1) is 13.7 Å². The van der Waals surface area contributed by atoms with Crippen LogP contribution < -0.4 is 15.8 Å². The van der Waals surface area contributed by atoms with Crippen LogP contribution in [0.3, 0.4) is 0 Å². The number of anilines is 1. The Morgan fingerprint density at radius 1 is 1.15 bits per heavy atom. The molecule has 1 aliphatic rings. The van der Waals surface area contributed by atoms with Crippen LogP contribution in [-0.4, -0.2) is 37.0 Å². The summed E-state index contributed by atoms with van der Waals surface area (Å²) in [5, 5.41) is 3.05. The van der Waals surface area contributed by atoms with Gasteiger partial charge in [-0.05, 0) is 49.1 Å². The van der Waals surface area contributed by atoms with Gasteiger partial charge in [0.25, 0.3) is 5.91 Å². The Bertz CT molecular complexity index is 796. The van der Waals surface area contributed by atoms with Crippen molar-refractivity contribution < 1.29 is 9.53 Å². The molecule has 3 rings (SSSR count). The number of carbonyl (C=O) groups is 1. The largest absolute Gasteiger partial charge is 0.497 e. The summed E-state index contributed by atoms with van der Waals surface area (Å²) in [6, 6.07) is 15.1. The predicted octanol–water partition coefficient (Wildman–Crippen LogP) is 3.25. The standard InChI is InChI=1S/C21H26N4O2/c1-27-19-7-5-6-18(14-19)24-21(22)23-15-16-8-10-17(11-9-16)20(26)25-12-3-2-4-13-25/h5-11,14H,2-4,12-13,15H2,1H3,(H3,22,23,24). The number of nitrogens with two attached hydrogens (primary N) is 1. The fourth-order valence-electron chi connectivity index (χ4n) is 3.10. The molecule has 0 saturated carbocycles. The van der Waals surface area contributed by atoms with Crippen molar-refractivity contribution in [1.82, 2.24) is 4.90 Å². The number of likely N-dealkylation sites (tertiary alicyclic amines) is 1. The summed E-state index contributed by atoms with van der Waals surface area (Å²) in [5.41, 5.74) is 8.51. The summed E-state index contributed by atoms with van der Waals surface area (Å²) in [7, 11) is 1.62. The van der Waals surface area contributed by atoms with Gasteiger partial charge in [0.2, 0.25) is 0 Å². The number of ether oxygens (including phenoxy) is 1. The number of amides is 1. The highest BCUT2D eigenvalue weighted by Gasteiger charge is 2.17. The van der Waals surface area contributed by atoms with Gasteiger partial charge in [-0.3, -0.25) is 4.79 Å². The van der Waals surface area contributed by atoms with Gasteiger partial charge in [-0.25, -0.2) is 4.99 Å². The number of benzene rings is 2. The molecule has 0 aliphatic carbocycles. The van der Waals surface area contributed by atoms with E-state index in [-0.39, 0.29) is 5.91 Å². The molecule has 1 saturated heterocycles. The first-order valence-corrected chi connectivity index (χ1v) is 9.25. The molecule has 0 unspecified atom stereocenters. The first-order valence-electron chi connectivity index (χ1n) is 9.25. The van der Waals surface area contributed by atoms with Crippen molar-refractivity contribution in [3.8, 4) is 5.75 Å². The number of nitrogens with zero attached hydrogens (tertiary/aromatic N) is 2. The van der Waals surface area contributed by atoms with Gasteiger partial charge in [-0.2, -0.15) is 0 Å². The first kappa shape index (κ1) is 18.8. The number of methoxy groups -OCH3 is 1. The van der Waals surface area contributed by atoms with Gasteiger partial charge in [0, 0.05) is 30.4 Å². The number of guanidine groups is 1. The maximum atomic E-state index is 12.5. The number of piperidine rings is 1. The second-order valence-electron chi connectivity index (χ2n) is 6.61. The lowest BCUT2D eigenvalue weighted by molar-refractivity contribution is 0.0724. The van der Waals surface area contributed by atoms with E-state index < -0.39 is 0 Å². The molecule has 0 spiro atoms. The van der Waals surface area contributed by atoms with Gasteiger partial charge in [-0.1, -0.05) is 18.2 Å². The number of aliphatic imine (C=N–C) groups is 1. The van der Waals surface area contributed by atoms with Crippen molar-refractivity contribution in [2.24, 2.45) is 10.7 Å². The molecule has 1 amide bonds. The molecule has 0 bridgehead atoms. The highest BCUT2D eigenvalue weighted by Crippen LogP contribution is 2.17. The van der Waals surface area contributed by atoms with E-state index in [1.54, 1.807) is 7.11 Å². The number of nitrogens with one attached hydrogen (secondary N) is 1. The van der Waals surface area contributed by atoms with Crippen LogP contribution in [-0.2, 0) is 6.54 Å². The van der Waals surface area contributed by atoms with E-state index in [2.05, 4.69) is 10.3 Å². The average molecular weight is 366 g/mol. The number of hydrogen-bond acceptors (Lipinski definition) is 3. The monoisotopic (exact) mass is 366 g/mol. The van der Waals surface area contributed by atoms with Crippen molar-refractivity contribution in [3.63, 3.8) is 0 Å². The van der Waals surface area contributed by atoms with Gasteiger partial charge in [0.1, 0.15) is 5.75 Å². The highest BCUT2D eigenvalue weighted by molar-refractivity contribution is 5.94. The molecular weight excluding hydrogens is 340 g/mol. The molecule has 3 N–H and O–H groups in total. The van der Waals surface area contributed by atoms with Crippen LogP contribution in [0.25, 0.3) is 0 Å². The Kier molecular flexibility index (Phi) is 6.30. The molecule has 2 aromatic rings. The molecule has 1 fully saturated rings. The normalized spacial score (nSPS) is 14.7. The maximum Gasteiger partial charge on any atom is 0.253 e. The predicted molar refractivity (Wildman–Crippen MR) is 108 cm³/mol. The second-order valence-corrected chi connectivity index (χ2v) is 6.61. The Balaban J connectivity index is 1.57. The maximum absolute atomic E-state index is 12.5. The first-order chi connectivity index (χ1) is 13.2. The fraction of sp³-hybridized carbons (Fsp3) is 0.333. The molecule has 2 aromatic carbocycles. The minimum absolute atomic E-state index is 0.115. The summed E-state index contributed by atoms with van der Waals surface area (Å²) >= 11 is 0. The van der Waals surface area contributed by atoms with Gasteiger partial charge >= 0.3 is 0 Å². The van der Waals surface area contributed by atoms with Gasteiger partial charge in [0.15, 0.2) is 5.96 Å². The lowest BCUT2D eigenvalue weighted by Crippen LogP contribution is -2.35. The van der Waals surface area contributed by atoms with Crippen molar-refractivity contribution in [2.75, 3.05) is 25.5 Å². The Labute approximate surface area is 160 Å². The molecule has 27 heavy (non-hydrogen) atoms. The molecular formula is C21H26N4O2. The van der Waals surface area contributed by atoms with E-state index in [1.165, 1.54) is 6.42 Å². The van der Waals surface area contributed by atoms with Crippen molar-refractivity contribution in [1.29, 1.82) is 0 Å².